The number of aromatic nitrogens is 2. The summed E-state index contributed by atoms with van der Waals surface area (Å²) in [6.07, 6.45) is 2.11. The third-order valence-electron chi connectivity index (χ3n) is 2.05. The van der Waals surface area contributed by atoms with Crippen molar-refractivity contribution in [2.75, 3.05) is 17.6 Å². The highest BCUT2D eigenvalue weighted by Gasteiger charge is 2.07. The molecule has 1 heterocycles. The molecular weight excluding hydrogens is 176 g/mol. The van der Waals surface area contributed by atoms with Gasteiger partial charge in [-0.05, 0) is 20.8 Å². The molecule has 0 fully saturated rings. The third kappa shape index (κ3) is 2.28. The van der Waals surface area contributed by atoms with Gasteiger partial charge in [0.2, 0.25) is 0 Å². The van der Waals surface area contributed by atoms with Crippen LogP contribution < -0.4 is 11.1 Å². The van der Waals surface area contributed by atoms with Gasteiger partial charge in [0.25, 0.3) is 0 Å². The van der Waals surface area contributed by atoms with Gasteiger partial charge in [-0.15, -0.1) is 0 Å². The number of nitrogen functional groups attached to an aromatic ring is 1. The summed E-state index contributed by atoms with van der Waals surface area (Å²) in [6, 6.07) is 0. The Kier molecular flexibility index (Phi) is 3.17. The van der Waals surface area contributed by atoms with Crippen molar-refractivity contribution >= 4 is 11.5 Å². The van der Waals surface area contributed by atoms with E-state index in [0.717, 1.165) is 23.7 Å². The summed E-state index contributed by atoms with van der Waals surface area (Å²) in [5, 5.41) is 7.45. The van der Waals surface area contributed by atoms with E-state index in [0.29, 0.717) is 0 Å². The van der Waals surface area contributed by atoms with E-state index in [9.17, 15) is 0 Å². The lowest BCUT2D eigenvalue weighted by molar-refractivity contribution is 0.761. The minimum absolute atomic E-state index is 0.731. The monoisotopic (exact) mass is 194 g/mol. The lowest BCUT2D eigenvalue weighted by Crippen LogP contribution is -2.06. The van der Waals surface area contributed by atoms with Gasteiger partial charge >= 0.3 is 0 Å². The van der Waals surface area contributed by atoms with Crippen molar-refractivity contribution in [3.63, 3.8) is 0 Å². The molecule has 1 aromatic heterocycles. The molecule has 4 heteroatoms. The Morgan fingerprint density at radius 1 is 1.57 bits per heavy atom. The molecule has 1 aromatic rings. The minimum Gasteiger partial charge on any atom is -0.394 e. The zero-order chi connectivity index (χ0) is 10.7. The van der Waals surface area contributed by atoms with E-state index in [1.165, 1.54) is 5.57 Å². The Labute approximate surface area is 84.8 Å². The zero-order valence-electron chi connectivity index (χ0n) is 9.26. The molecule has 0 aliphatic carbocycles. The molecule has 0 saturated heterocycles. The molecular formula is C10H18N4. The second-order valence-electron chi connectivity index (χ2n) is 3.63. The van der Waals surface area contributed by atoms with Crippen molar-refractivity contribution in [3.8, 4) is 0 Å². The molecule has 0 radical (unpaired) electrons. The van der Waals surface area contributed by atoms with Crippen molar-refractivity contribution in [3.05, 3.63) is 17.3 Å². The molecule has 0 spiro atoms. The highest BCUT2D eigenvalue weighted by Crippen LogP contribution is 2.20. The van der Waals surface area contributed by atoms with Crippen LogP contribution in [-0.2, 0) is 7.05 Å². The maximum Gasteiger partial charge on any atom is 0.148 e. The Hall–Kier alpha value is -1.45. The van der Waals surface area contributed by atoms with Gasteiger partial charge in [-0.2, -0.15) is 5.10 Å². The number of nitrogens with two attached hydrogens (primary N) is 1. The number of allylic oxidation sites excluding steroid dienone is 1. The van der Waals surface area contributed by atoms with Crippen LogP contribution in [0.15, 0.2) is 11.6 Å². The molecule has 4 nitrogen and oxygen atoms in total. The third-order valence-corrected chi connectivity index (χ3v) is 2.05. The van der Waals surface area contributed by atoms with Crippen molar-refractivity contribution < 1.29 is 0 Å². The van der Waals surface area contributed by atoms with Crippen molar-refractivity contribution in [2.24, 2.45) is 7.05 Å². The van der Waals surface area contributed by atoms with Gasteiger partial charge in [0.05, 0.1) is 11.4 Å². The first-order valence-electron chi connectivity index (χ1n) is 4.68. The van der Waals surface area contributed by atoms with Gasteiger partial charge in [-0.1, -0.05) is 11.6 Å². The predicted molar refractivity (Wildman–Crippen MR) is 60.3 cm³/mol. The molecule has 0 aliphatic heterocycles. The number of nitrogens with one attached hydrogen (secondary N) is 1. The van der Waals surface area contributed by atoms with Crippen LogP contribution >= 0.6 is 0 Å². The van der Waals surface area contributed by atoms with E-state index in [1.807, 2.05) is 14.0 Å². The van der Waals surface area contributed by atoms with Crippen LogP contribution in [0.1, 0.15) is 19.5 Å². The smallest absolute Gasteiger partial charge is 0.148 e. The molecule has 1 rings (SSSR count). The lowest BCUT2D eigenvalue weighted by atomic mass is 10.3. The number of hydrogen-bond acceptors (Lipinski definition) is 3. The lowest BCUT2D eigenvalue weighted by Gasteiger charge is -2.04. The average Bonchev–Trinajstić information content (AvgIpc) is 2.31. The van der Waals surface area contributed by atoms with Gasteiger partial charge in [-0.3, -0.25) is 4.68 Å². The average molecular weight is 194 g/mol. The molecule has 0 amide bonds. The molecule has 0 bridgehead atoms. The zero-order valence-corrected chi connectivity index (χ0v) is 9.26. The molecule has 0 aromatic carbocycles. The van der Waals surface area contributed by atoms with Crippen molar-refractivity contribution in [2.45, 2.75) is 20.8 Å². The summed E-state index contributed by atoms with van der Waals surface area (Å²) in [4.78, 5) is 0. The molecule has 14 heavy (non-hydrogen) atoms. The first-order valence-corrected chi connectivity index (χ1v) is 4.68. The Morgan fingerprint density at radius 2 is 2.21 bits per heavy atom. The van der Waals surface area contributed by atoms with E-state index >= 15 is 0 Å². The fourth-order valence-corrected chi connectivity index (χ4v) is 1.24. The fraction of sp³-hybridized carbons (Fsp3) is 0.500. The second-order valence-corrected chi connectivity index (χ2v) is 3.63. The van der Waals surface area contributed by atoms with Gasteiger partial charge in [0.1, 0.15) is 5.82 Å². The topological polar surface area (TPSA) is 55.9 Å². The molecule has 0 saturated carbocycles. The maximum atomic E-state index is 5.85. The molecule has 0 atom stereocenters. The first-order chi connectivity index (χ1) is 6.52. The minimum atomic E-state index is 0.731. The Balaban J connectivity index is 2.72. The van der Waals surface area contributed by atoms with E-state index in [2.05, 4.69) is 30.3 Å². The van der Waals surface area contributed by atoms with Gasteiger partial charge in [-0.25, -0.2) is 0 Å². The van der Waals surface area contributed by atoms with E-state index < -0.39 is 0 Å². The standard InChI is InChI=1S/C10H18N4/c1-7(2)5-6-12-10-9(11)8(3)13-14(10)4/h5,12H,6,11H2,1-4H3. The summed E-state index contributed by atoms with van der Waals surface area (Å²) in [5.41, 5.74) is 8.74. The second kappa shape index (κ2) is 4.17. The van der Waals surface area contributed by atoms with Crippen molar-refractivity contribution in [1.29, 1.82) is 0 Å². The SMILES string of the molecule is CC(C)=CCNc1c(N)c(C)nn1C. The summed E-state index contributed by atoms with van der Waals surface area (Å²) in [7, 11) is 1.88. The number of nitrogens with zero attached hydrogens (tertiary/aromatic N) is 2. The Morgan fingerprint density at radius 3 is 2.64 bits per heavy atom. The van der Waals surface area contributed by atoms with E-state index in [1.54, 1.807) is 4.68 Å². The molecule has 3 N–H and O–H groups in total. The quantitative estimate of drug-likeness (QED) is 0.720. The highest BCUT2D eigenvalue weighted by molar-refractivity contribution is 5.64. The molecule has 0 aliphatic rings. The van der Waals surface area contributed by atoms with Crippen LogP contribution in [0.5, 0.6) is 0 Å². The van der Waals surface area contributed by atoms with Crippen LogP contribution in [0.4, 0.5) is 11.5 Å². The van der Waals surface area contributed by atoms with Crippen LogP contribution in [-0.4, -0.2) is 16.3 Å². The van der Waals surface area contributed by atoms with Gasteiger partial charge < -0.3 is 11.1 Å². The van der Waals surface area contributed by atoms with Crippen LogP contribution in [0, 0.1) is 6.92 Å². The Bertz CT molecular complexity index is 345. The van der Waals surface area contributed by atoms with Crippen LogP contribution in [0.25, 0.3) is 0 Å². The van der Waals surface area contributed by atoms with Crippen LogP contribution in [0.3, 0.4) is 0 Å². The number of hydrogen-bond donors (Lipinski definition) is 2. The molecule has 0 unspecified atom stereocenters. The summed E-state index contributed by atoms with van der Waals surface area (Å²) in [6.45, 7) is 6.83. The predicted octanol–water partition coefficient (Wildman–Crippen LogP) is 1.69. The van der Waals surface area contributed by atoms with Crippen LogP contribution in [0.2, 0.25) is 0 Å². The number of rotatable bonds is 3. The molecule has 78 valence electrons. The summed E-state index contributed by atoms with van der Waals surface area (Å²) >= 11 is 0. The first kappa shape index (κ1) is 10.6. The number of aryl methyl sites for hydroxylation is 2. The van der Waals surface area contributed by atoms with E-state index in [4.69, 9.17) is 5.73 Å². The number of anilines is 2. The van der Waals surface area contributed by atoms with Crippen molar-refractivity contribution in [1.82, 2.24) is 9.78 Å². The maximum absolute atomic E-state index is 5.85. The highest BCUT2D eigenvalue weighted by atomic mass is 15.3. The van der Waals surface area contributed by atoms with Gasteiger partial charge in [0, 0.05) is 13.6 Å². The van der Waals surface area contributed by atoms with Gasteiger partial charge in [0.15, 0.2) is 0 Å². The fourth-order valence-electron chi connectivity index (χ4n) is 1.24. The largest absolute Gasteiger partial charge is 0.394 e. The summed E-state index contributed by atoms with van der Waals surface area (Å²) < 4.78 is 1.77. The normalized spacial score (nSPS) is 10.0. The van der Waals surface area contributed by atoms with E-state index in [-0.39, 0.29) is 0 Å². The summed E-state index contributed by atoms with van der Waals surface area (Å²) in [5.74, 6) is 0.889.